The lowest BCUT2D eigenvalue weighted by atomic mass is 9.97. The number of hydrogen-bond donors (Lipinski definition) is 1. The van der Waals surface area contributed by atoms with Crippen molar-refractivity contribution in [1.82, 2.24) is 0 Å². The number of carbonyl (C=O) groups is 1. The van der Waals surface area contributed by atoms with Crippen molar-refractivity contribution in [3.05, 3.63) is 0 Å². The highest BCUT2D eigenvalue weighted by molar-refractivity contribution is 5.73. The van der Waals surface area contributed by atoms with Gasteiger partial charge in [-0.2, -0.15) is 0 Å². The fraction of sp³-hybridized carbons (Fsp3) is 0.571. The maximum atomic E-state index is 10.2. The smallest absolute Gasteiger partial charge is 0.318 e. The fourth-order valence-corrected chi connectivity index (χ4v) is 0.549. The molecule has 0 radical (unpaired) electrons. The minimum absolute atomic E-state index is 0.0208. The largest absolute Gasteiger partial charge is 0.480 e. The van der Waals surface area contributed by atoms with Crippen LogP contribution in [0.4, 0.5) is 0 Å². The summed E-state index contributed by atoms with van der Waals surface area (Å²) in [6.07, 6.45) is 4.94. The summed E-state index contributed by atoms with van der Waals surface area (Å²) in [7, 11) is 0. The first-order valence-electron chi connectivity index (χ1n) is 2.78. The van der Waals surface area contributed by atoms with E-state index < -0.39 is 11.9 Å². The molecule has 0 heterocycles. The number of carboxylic acid groups (broad SMARTS) is 1. The van der Waals surface area contributed by atoms with Gasteiger partial charge in [0.05, 0.1) is 0 Å². The molecule has 0 aliphatic heterocycles. The Balaban J connectivity index is 4.04. The molecule has 0 rings (SSSR count). The van der Waals surface area contributed by atoms with Crippen LogP contribution in [0.5, 0.6) is 0 Å². The molecule has 0 aromatic rings. The third-order valence-corrected chi connectivity index (χ3v) is 1.11. The van der Waals surface area contributed by atoms with Crippen LogP contribution in [-0.4, -0.2) is 11.1 Å². The molecule has 9 heavy (non-hydrogen) atoms. The van der Waals surface area contributed by atoms with Crippen LogP contribution in [0.15, 0.2) is 0 Å². The van der Waals surface area contributed by atoms with Gasteiger partial charge in [0.2, 0.25) is 0 Å². The molecule has 0 fully saturated rings. The number of terminal acetylenes is 1. The molecule has 0 saturated heterocycles. The Hall–Kier alpha value is -0.970. The molecular formula is C7H10O2. The van der Waals surface area contributed by atoms with Crippen molar-refractivity contribution in [3.8, 4) is 12.3 Å². The average molecular weight is 126 g/mol. The van der Waals surface area contributed by atoms with E-state index >= 15 is 0 Å². The molecule has 2 nitrogen and oxygen atoms in total. The van der Waals surface area contributed by atoms with Crippen LogP contribution in [-0.2, 0) is 4.79 Å². The van der Waals surface area contributed by atoms with Crippen LogP contribution in [0.2, 0.25) is 0 Å². The van der Waals surface area contributed by atoms with Crippen molar-refractivity contribution in [2.45, 2.75) is 13.8 Å². The molecule has 0 bridgehead atoms. The van der Waals surface area contributed by atoms with Crippen molar-refractivity contribution in [2.24, 2.45) is 11.8 Å². The molecule has 0 aromatic heterocycles. The molecule has 50 valence electrons. The van der Waals surface area contributed by atoms with E-state index in [1.54, 1.807) is 13.8 Å². The molecule has 2 heteroatoms. The van der Waals surface area contributed by atoms with Crippen LogP contribution >= 0.6 is 0 Å². The van der Waals surface area contributed by atoms with Crippen LogP contribution in [0.25, 0.3) is 0 Å². The van der Waals surface area contributed by atoms with Gasteiger partial charge in [0, 0.05) is 0 Å². The maximum absolute atomic E-state index is 10.2. The summed E-state index contributed by atoms with van der Waals surface area (Å²) in [5.74, 6) is 0.678. The van der Waals surface area contributed by atoms with Crippen molar-refractivity contribution in [2.75, 3.05) is 0 Å². The third kappa shape index (κ3) is 2.18. The first kappa shape index (κ1) is 8.03. The van der Waals surface area contributed by atoms with Crippen LogP contribution < -0.4 is 0 Å². The van der Waals surface area contributed by atoms with E-state index in [0.717, 1.165) is 0 Å². The molecule has 0 amide bonds. The molecule has 0 spiro atoms. The van der Waals surface area contributed by atoms with Gasteiger partial charge < -0.3 is 5.11 Å². The van der Waals surface area contributed by atoms with Gasteiger partial charge in [-0.1, -0.05) is 19.8 Å². The van der Waals surface area contributed by atoms with Gasteiger partial charge in [-0.15, -0.1) is 6.42 Å². The van der Waals surface area contributed by atoms with E-state index in [4.69, 9.17) is 11.5 Å². The quantitative estimate of drug-likeness (QED) is 0.560. The zero-order valence-electron chi connectivity index (χ0n) is 5.59. The Labute approximate surface area is 54.9 Å². The first-order chi connectivity index (χ1) is 4.09. The molecule has 1 unspecified atom stereocenters. The summed E-state index contributed by atoms with van der Waals surface area (Å²) in [5.41, 5.74) is 0. The summed E-state index contributed by atoms with van der Waals surface area (Å²) < 4.78 is 0. The molecule has 0 aliphatic rings. The van der Waals surface area contributed by atoms with E-state index in [1.165, 1.54) is 0 Å². The third-order valence-electron chi connectivity index (χ3n) is 1.11. The van der Waals surface area contributed by atoms with E-state index in [-0.39, 0.29) is 5.92 Å². The van der Waals surface area contributed by atoms with Gasteiger partial charge in [0.1, 0.15) is 5.92 Å². The summed E-state index contributed by atoms with van der Waals surface area (Å²) >= 11 is 0. The molecular weight excluding hydrogens is 116 g/mol. The van der Waals surface area contributed by atoms with Crippen LogP contribution in [0.1, 0.15) is 13.8 Å². The van der Waals surface area contributed by atoms with E-state index in [0.29, 0.717) is 0 Å². The van der Waals surface area contributed by atoms with Gasteiger partial charge in [-0.05, 0) is 5.92 Å². The van der Waals surface area contributed by atoms with Crippen LogP contribution in [0, 0.1) is 24.2 Å². The lowest BCUT2D eigenvalue weighted by Gasteiger charge is -2.07. The fourth-order valence-electron chi connectivity index (χ4n) is 0.549. The normalized spacial score (nSPS) is 12.7. The van der Waals surface area contributed by atoms with E-state index in [1.807, 2.05) is 0 Å². The number of hydrogen-bond acceptors (Lipinski definition) is 1. The highest BCUT2D eigenvalue weighted by atomic mass is 16.4. The number of aliphatic carboxylic acids is 1. The Kier molecular flexibility index (Phi) is 2.80. The van der Waals surface area contributed by atoms with Crippen molar-refractivity contribution in [1.29, 1.82) is 0 Å². The van der Waals surface area contributed by atoms with Gasteiger partial charge in [0.25, 0.3) is 0 Å². The second kappa shape index (κ2) is 3.13. The summed E-state index contributed by atoms with van der Waals surface area (Å²) in [6, 6.07) is 0. The highest BCUT2D eigenvalue weighted by Crippen LogP contribution is 2.08. The second-order valence-corrected chi connectivity index (χ2v) is 2.23. The summed E-state index contributed by atoms with van der Waals surface area (Å²) in [5, 5.41) is 8.40. The predicted octanol–water partition coefficient (Wildman–Crippen LogP) is 0.976. The maximum Gasteiger partial charge on any atom is 0.318 e. The Bertz CT molecular complexity index is 141. The molecule has 1 N–H and O–H groups in total. The van der Waals surface area contributed by atoms with Crippen molar-refractivity contribution in [3.63, 3.8) is 0 Å². The lowest BCUT2D eigenvalue weighted by Crippen LogP contribution is -2.17. The van der Waals surface area contributed by atoms with E-state index in [9.17, 15) is 4.79 Å². The summed E-state index contributed by atoms with van der Waals surface area (Å²) in [6.45, 7) is 3.58. The Morgan fingerprint density at radius 1 is 1.67 bits per heavy atom. The number of rotatable bonds is 2. The van der Waals surface area contributed by atoms with E-state index in [2.05, 4.69) is 5.92 Å². The summed E-state index contributed by atoms with van der Waals surface area (Å²) in [4.78, 5) is 10.2. The van der Waals surface area contributed by atoms with Crippen LogP contribution in [0.3, 0.4) is 0 Å². The molecule has 0 aromatic carbocycles. The van der Waals surface area contributed by atoms with Gasteiger partial charge in [-0.25, -0.2) is 0 Å². The second-order valence-electron chi connectivity index (χ2n) is 2.23. The topological polar surface area (TPSA) is 37.3 Å². The minimum Gasteiger partial charge on any atom is -0.480 e. The molecule has 0 aliphatic carbocycles. The lowest BCUT2D eigenvalue weighted by molar-refractivity contribution is -0.140. The Morgan fingerprint density at radius 2 is 2.11 bits per heavy atom. The zero-order chi connectivity index (χ0) is 7.44. The van der Waals surface area contributed by atoms with Gasteiger partial charge >= 0.3 is 5.97 Å². The molecule has 0 saturated carbocycles. The Morgan fingerprint density at radius 3 is 2.11 bits per heavy atom. The van der Waals surface area contributed by atoms with Gasteiger partial charge in [0.15, 0.2) is 0 Å². The highest BCUT2D eigenvalue weighted by Gasteiger charge is 2.17. The minimum atomic E-state index is -0.910. The van der Waals surface area contributed by atoms with Gasteiger partial charge in [-0.3, -0.25) is 4.79 Å². The monoisotopic (exact) mass is 126 g/mol. The zero-order valence-corrected chi connectivity index (χ0v) is 5.59. The molecule has 1 atom stereocenters. The van der Waals surface area contributed by atoms with Crippen molar-refractivity contribution < 1.29 is 9.90 Å². The number of carboxylic acids is 1. The van der Waals surface area contributed by atoms with Crippen molar-refractivity contribution >= 4 is 5.97 Å². The first-order valence-corrected chi connectivity index (χ1v) is 2.78. The average Bonchev–Trinajstić information content (AvgIpc) is 1.64. The standard InChI is InChI=1S/C7H10O2/c1-4-6(5(2)3)7(8)9/h1,5-6H,2-3H3,(H,8,9). The predicted molar refractivity (Wildman–Crippen MR) is 34.8 cm³/mol. The SMILES string of the molecule is C#CC(C(=O)O)C(C)C.